The van der Waals surface area contributed by atoms with Crippen molar-refractivity contribution in [1.82, 2.24) is 0 Å². The summed E-state index contributed by atoms with van der Waals surface area (Å²) in [7, 11) is 0. The van der Waals surface area contributed by atoms with Gasteiger partial charge in [-0.05, 0) is 101 Å². The van der Waals surface area contributed by atoms with E-state index in [1.54, 1.807) is 5.57 Å². The molecule has 27 heavy (non-hydrogen) atoms. The molecule has 0 aromatic rings. The predicted molar refractivity (Wildman–Crippen MR) is 113 cm³/mol. The van der Waals surface area contributed by atoms with Gasteiger partial charge in [0.15, 0.2) is 0 Å². The second-order valence-corrected chi connectivity index (χ2v) is 11.0. The van der Waals surface area contributed by atoms with E-state index in [9.17, 15) is 10.2 Å². The molecule has 2 nitrogen and oxygen atoms in total. The van der Waals surface area contributed by atoms with E-state index in [0.717, 1.165) is 61.2 Å². The minimum Gasteiger partial charge on any atom is -0.393 e. The Hall–Kier alpha value is -0.340. The highest BCUT2D eigenvalue weighted by Gasteiger charge is 2.40. The Kier molecular flexibility index (Phi) is 7.12. The molecule has 0 aliphatic heterocycles. The van der Waals surface area contributed by atoms with Gasteiger partial charge in [0.25, 0.3) is 0 Å². The molecule has 0 radical (unpaired) electrons. The molecule has 0 spiro atoms. The van der Waals surface area contributed by atoms with E-state index in [2.05, 4.69) is 19.9 Å². The van der Waals surface area contributed by atoms with Crippen LogP contribution in [-0.2, 0) is 0 Å². The molecule has 0 saturated heterocycles. The highest BCUT2D eigenvalue weighted by atomic mass is 16.3. The van der Waals surface area contributed by atoms with E-state index in [1.807, 2.05) is 13.8 Å². The van der Waals surface area contributed by atoms with Crippen molar-refractivity contribution in [3.8, 4) is 0 Å². The van der Waals surface area contributed by atoms with E-state index < -0.39 is 5.60 Å². The lowest BCUT2D eigenvalue weighted by Crippen LogP contribution is -2.36. The lowest BCUT2D eigenvalue weighted by atomic mass is 9.62. The summed E-state index contributed by atoms with van der Waals surface area (Å²) < 4.78 is 0. The Bertz CT molecular complexity index is 503. The van der Waals surface area contributed by atoms with Crippen molar-refractivity contribution < 1.29 is 10.2 Å². The molecule has 2 saturated carbocycles. The average molecular weight is 377 g/mol. The molecule has 2 N–H and O–H groups in total. The van der Waals surface area contributed by atoms with Gasteiger partial charge in [-0.1, -0.05) is 44.8 Å². The number of aliphatic hydroxyl groups excluding tert-OH is 1. The first-order chi connectivity index (χ1) is 12.7. The predicted octanol–water partition coefficient (Wildman–Crippen LogP) is 6.11. The molecular weight excluding hydrogens is 332 g/mol. The minimum atomic E-state index is -0.525. The van der Waals surface area contributed by atoms with Gasteiger partial charge in [0.1, 0.15) is 0 Å². The molecule has 156 valence electrons. The molecule has 0 heterocycles. The summed E-state index contributed by atoms with van der Waals surface area (Å²) >= 11 is 0. The van der Waals surface area contributed by atoms with Gasteiger partial charge in [-0.15, -0.1) is 0 Å². The number of rotatable bonds is 4. The Balaban J connectivity index is 1.63. The van der Waals surface area contributed by atoms with Gasteiger partial charge < -0.3 is 10.2 Å². The molecular formula is C25H44O2. The van der Waals surface area contributed by atoms with E-state index >= 15 is 0 Å². The van der Waals surface area contributed by atoms with Crippen LogP contribution in [0.15, 0.2) is 11.6 Å². The Morgan fingerprint density at radius 3 is 2.59 bits per heavy atom. The van der Waals surface area contributed by atoms with Gasteiger partial charge in [-0.3, -0.25) is 0 Å². The third-order valence-electron chi connectivity index (χ3n) is 8.33. The average Bonchev–Trinajstić information content (AvgIpc) is 2.68. The standard InChI is InChI=1S/C25H44O2/c1-17(14-15-25(3,4)27)19-6-5-7-24-22(18(2)8-9-19)12-10-20-16-21(26)11-13-23(20)24/h10,17-19,21-24,26-27H,5-9,11-16H2,1-4H3/t17?,18-,19+,21-,22?,23-,24?/m0/s1. The van der Waals surface area contributed by atoms with Crippen LogP contribution in [0.25, 0.3) is 0 Å². The zero-order valence-electron chi connectivity index (χ0n) is 18.3. The summed E-state index contributed by atoms with van der Waals surface area (Å²) in [5, 5.41) is 20.2. The van der Waals surface area contributed by atoms with E-state index in [4.69, 9.17) is 0 Å². The fourth-order valence-electron chi connectivity index (χ4n) is 6.47. The first-order valence-corrected chi connectivity index (χ1v) is 11.8. The van der Waals surface area contributed by atoms with Gasteiger partial charge >= 0.3 is 0 Å². The van der Waals surface area contributed by atoms with Crippen LogP contribution in [0.1, 0.15) is 98.3 Å². The Labute approximate surface area is 167 Å². The van der Waals surface area contributed by atoms with Crippen LogP contribution >= 0.6 is 0 Å². The molecule has 0 aromatic heterocycles. The number of hydrogen-bond acceptors (Lipinski definition) is 2. The summed E-state index contributed by atoms with van der Waals surface area (Å²) in [6.07, 6.45) is 15.8. The second-order valence-electron chi connectivity index (χ2n) is 11.0. The summed E-state index contributed by atoms with van der Waals surface area (Å²) in [5.41, 5.74) is 1.07. The maximum atomic E-state index is 10.1. The van der Waals surface area contributed by atoms with Crippen LogP contribution < -0.4 is 0 Å². The summed E-state index contributed by atoms with van der Waals surface area (Å²) in [6.45, 7) is 8.83. The van der Waals surface area contributed by atoms with Crippen molar-refractivity contribution in [2.75, 3.05) is 0 Å². The quantitative estimate of drug-likeness (QED) is 0.581. The maximum Gasteiger partial charge on any atom is 0.0591 e. The normalized spacial score (nSPS) is 39.3. The number of allylic oxidation sites excluding steroid dienone is 1. The van der Waals surface area contributed by atoms with Crippen LogP contribution in [0.5, 0.6) is 0 Å². The highest BCUT2D eigenvalue weighted by Crippen LogP contribution is 2.49. The number of hydrogen-bond donors (Lipinski definition) is 2. The van der Waals surface area contributed by atoms with Crippen LogP contribution in [0.2, 0.25) is 0 Å². The molecule has 3 aliphatic carbocycles. The second kappa shape index (κ2) is 8.99. The van der Waals surface area contributed by atoms with Crippen molar-refractivity contribution in [2.24, 2.45) is 35.5 Å². The lowest BCUT2D eigenvalue weighted by Gasteiger charge is -2.44. The summed E-state index contributed by atoms with van der Waals surface area (Å²) in [4.78, 5) is 0. The molecule has 7 atom stereocenters. The largest absolute Gasteiger partial charge is 0.393 e. The van der Waals surface area contributed by atoms with Gasteiger partial charge in [-0.25, -0.2) is 0 Å². The molecule has 3 aliphatic rings. The highest BCUT2D eigenvalue weighted by molar-refractivity contribution is 5.17. The third-order valence-corrected chi connectivity index (χ3v) is 8.33. The van der Waals surface area contributed by atoms with Crippen molar-refractivity contribution >= 4 is 0 Å². The van der Waals surface area contributed by atoms with E-state index in [-0.39, 0.29) is 6.10 Å². The van der Waals surface area contributed by atoms with Crippen LogP contribution in [0, 0.1) is 35.5 Å². The van der Waals surface area contributed by atoms with E-state index in [1.165, 1.54) is 44.9 Å². The number of fused-ring (bicyclic) bond motifs is 3. The first-order valence-electron chi connectivity index (χ1n) is 11.8. The smallest absolute Gasteiger partial charge is 0.0591 e. The molecule has 0 bridgehead atoms. The van der Waals surface area contributed by atoms with Crippen LogP contribution in [-0.4, -0.2) is 21.9 Å². The molecule has 3 unspecified atom stereocenters. The Morgan fingerprint density at radius 1 is 1.07 bits per heavy atom. The maximum absolute atomic E-state index is 10.1. The molecule has 2 heteroatoms. The Morgan fingerprint density at radius 2 is 1.85 bits per heavy atom. The fraction of sp³-hybridized carbons (Fsp3) is 0.920. The lowest BCUT2D eigenvalue weighted by molar-refractivity contribution is 0.0598. The van der Waals surface area contributed by atoms with Crippen molar-refractivity contribution in [2.45, 2.75) is 110 Å². The zero-order valence-corrected chi connectivity index (χ0v) is 18.3. The monoisotopic (exact) mass is 376 g/mol. The minimum absolute atomic E-state index is 0.0844. The van der Waals surface area contributed by atoms with Crippen molar-refractivity contribution in [3.63, 3.8) is 0 Å². The number of aliphatic hydroxyl groups is 2. The topological polar surface area (TPSA) is 40.5 Å². The molecule has 0 aromatic carbocycles. The van der Waals surface area contributed by atoms with Gasteiger partial charge in [0.2, 0.25) is 0 Å². The SMILES string of the molecule is CC(CCC(C)(C)O)[C@@H]1CCCC2C(CC=C3C[C@@H](O)CC[C@@H]32)[C@@H](C)CC1. The summed E-state index contributed by atoms with van der Waals surface area (Å²) in [6, 6.07) is 0. The first kappa shape index (κ1) is 21.4. The van der Waals surface area contributed by atoms with Gasteiger partial charge in [0, 0.05) is 0 Å². The van der Waals surface area contributed by atoms with E-state index in [0.29, 0.717) is 0 Å². The molecule has 2 fully saturated rings. The zero-order chi connectivity index (χ0) is 19.6. The molecule has 0 amide bonds. The van der Waals surface area contributed by atoms with Crippen molar-refractivity contribution in [1.29, 1.82) is 0 Å². The van der Waals surface area contributed by atoms with Gasteiger partial charge in [-0.2, -0.15) is 0 Å². The fourth-order valence-corrected chi connectivity index (χ4v) is 6.47. The van der Waals surface area contributed by atoms with Gasteiger partial charge in [0.05, 0.1) is 11.7 Å². The third kappa shape index (κ3) is 5.60. The van der Waals surface area contributed by atoms with Crippen LogP contribution in [0.3, 0.4) is 0 Å². The molecule has 3 rings (SSSR count). The summed E-state index contributed by atoms with van der Waals surface area (Å²) in [5.74, 6) is 4.86. The van der Waals surface area contributed by atoms with Crippen molar-refractivity contribution in [3.05, 3.63) is 11.6 Å². The van der Waals surface area contributed by atoms with Crippen LogP contribution in [0.4, 0.5) is 0 Å².